The second-order valence-electron chi connectivity index (χ2n) is 9.55. The van der Waals surface area contributed by atoms with Crippen molar-refractivity contribution in [3.8, 4) is 11.4 Å². The van der Waals surface area contributed by atoms with Crippen LogP contribution in [0.5, 0.6) is 0 Å². The number of rotatable bonds is 3. The van der Waals surface area contributed by atoms with Crippen LogP contribution in [0.4, 0.5) is 14.6 Å². The molecule has 3 aliphatic rings. The molecule has 0 radical (unpaired) electrons. The molecule has 3 fully saturated rings. The number of carbonyl (C=O) groups excluding carboxylic acids is 1. The Bertz CT molecular complexity index is 1400. The lowest BCUT2D eigenvalue weighted by Crippen LogP contribution is -2.47. The Morgan fingerprint density at radius 2 is 1.88 bits per heavy atom. The number of nitrogens with one attached hydrogen (secondary N) is 2. The molecule has 3 heterocycles. The van der Waals surface area contributed by atoms with Crippen LogP contribution in [0.2, 0.25) is 0 Å². The van der Waals surface area contributed by atoms with Crippen LogP contribution in [-0.2, 0) is 0 Å². The second-order valence-corrected chi connectivity index (χ2v) is 9.55. The molecular formula is C25H25F2N5O. The maximum absolute atomic E-state index is 14.3. The molecule has 6 nitrogen and oxygen atoms in total. The van der Waals surface area contributed by atoms with Crippen molar-refractivity contribution in [2.45, 2.75) is 45.6 Å². The summed E-state index contributed by atoms with van der Waals surface area (Å²) >= 11 is 0. The molecule has 2 bridgehead atoms. The number of halogens is 2. The third kappa shape index (κ3) is 3.14. The van der Waals surface area contributed by atoms with E-state index in [-0.39, 0.29) is 11.4 Å². The summed E-state index contributed by atoms with van der Waals surface area (Å²) in [5, 5.41) is 4.82. The molecular weight excluding hydrogens is 424 g/mol. The first-order valence-corrected chi connectivity index (χ1v) is 11.5. The molecule has 8 heteroatoms. The van der Waals surface area contributed by atoms with Gasteiger partial charge in [0.15, 0.2) is 11.5 Å². The van der Waals surface area contributed by atoms with Crippen LogP contribution >= 0.6 is 0 Å². The van der Waals surface area contributed by atoms with E-state index in [1.54, 1.807) is 12.4 Å². The first-order valence-electron chi connectivity index (χ1n) is 11.5. The summed E-state index contributed by atoms with van der Waals surface area (Å²) in [4.78, 5) is 24.6. The minimum absolute atomic E-state index is 0.165. The van der Waals surface area contributed by atoms with E-state index >= 15 is 0 Å². The molecule has 7 rings (SSSR count). The van der Waals surface area contributed by atoms with Gasteiger partial charge >= 0.3 is 0 Å². The lowest BCUT2D eigenvalue weighted by Gasteiger charge is -2.47. The summed E-state index contributed by atoms with van der Waals surface area (Å²) in [7, 11) is 0. The number of carbonyl (C=O) groups is 1. The van der Waals surface area contributed by atoms with Gasteiger partial charge in [-0.2, -0.15) is 0 Å². The summed E-state index contributed by atoms with van der Waals surface area (Å²) in [6, 6.07) is 4.27. The van der Waals surface area contributed by atoms with Crippen LogP contribution in [0, 0.1) is 29.4 Å². The molecule has 170 valence electrons. The van der Waals surface area contributed by atoms with E-state index < -0.39 is 11.6 Å². The van der Waals surface area contributed by atoms with Crippen LogP contribution < -0.4 is 5.32 Å². The van der Waals surface area contributed by atoms with E-state index in [0.29, 0.717) is 52.0 Å². The summed E-state index contributed by atoms with van der Waals surface area (Å²) in [5.41, 5.74) is 1.17. The van der Waals surface area contributed by atoms with Crippen molar-refractivity contribution in [2.75, 3.05) is 5.32 Å². The van der Waals surface area contributed by atoms with Gasteiger partial charge in [0, 0.05) is 42.4 Å². The highest BCUT2D eigenvalue weighted by Gasteiger charge is 2.41. The van der Waals surface area contributed by atoms with Crippen LogP contribution in [0.1, 0.15) is 44.3 Å². The molecule has 0 saturated heterocycles. The van der Waals surface area contributed by atoms with E-state index in [1.165, 1.54) is 43.2 Å². The Balaban J connectivity index is 1.52. The zero-order valence-corrected chi connectivity index (χ0v) is 18.5. The molecule has 3 aliphatic carbocycles. The molecule has 4 aromatic rings. The van der Waals surface area contributed by atoms with Crippen molar-refractivity contribution in [2.24, 2.45) is 17.8 Å². The lowest BCUT2D eigenvalue weighted by molar-refractivity contribution is 0.0928. The van der Waals surface area contributed by atoms with Crippen molar-refractivity contribution < 1.29 is 13.6 Å². The number of aromatic amines is 1. The standard InChI is InChI=1S/C25H25F2N5O/c1-12-14-3-5-15(6-4-14)21(12)29-23-17-7-8-32(13(2)33)25(17)31-24(30-23)19-11-28-22-18(19)9-16(26)10-20(22)27/h7-12,14-15,21,28H,3-6H2,1-2H3,(H,29,30,31). The van der Waals surface area contributed by atoms with Crippen LogP contribution in [-0.4, -0.2) is 31.5 Å². The highest BCUT2D eigenvalue weighted by Crippen LogP contribution is 2.46. The molecule has 0 spiro atoms. The van der Waals surface area contributed by atoms with Gasteiger partial charge in [-0.25, -0.2) is 18.7 Å². The maximum atomic E-state index is 14.3. The van der Waals surface area contributed by atoms with Crippen molar-refractivity contribution in [3.05, 3.63) is 42.2 Å². The molecule has 1 aromatic carbocycles. The Hall–Kier alpha value is -3.29. The lowest BCUT2D eigenvalue weighted by atomic mass is 9.62. The Labute approximate surface area is 189 Å². The number of H-pyrrole nitrogens is 1. The fourth-order valence-electron chi connectivity index (χ4n) is 6.00. The maximum Gasteiger partial charge on any atom is 0.229 e. The largest absolute Gasteiger partial charge is 0.366 e. The topological polar surface area (TPSA) is 75.6 Å². The van der Waals surface area contributed by atoms with Gasteiger partial charge in [0.25, 0.3) is 0 Å². The Morgan fingerprint density at radius 1 is 1.12 bits per heavy atom. The molecule has 33 heavy (non-hydrogen) atoms. The van der Waals surface area contributed by atoms with Crippen molar-refractivity contribution >= 4 is 33.7 Å². The number of nitrogens with zero attached hydrogens (tertiary/aromatic N) is 3. The van der Waals surface area contributed by atoms with Crippen molar-refractivity contribution in [1.29, 1.82) is 0 Å². The number of benzene rings is 1. The molecule has 2 unspecified atom stereocenters. The number of hydrogen-bond acceptors (Lipinski definition) is 4. The van der Waals surface area contributed by atoms with Gasteiger partial charge in [0.2, 0.25) is 5.91 Å². The van der Waals surface area contributed by atoms with Crippen LogP contribution in [0.15, 0.2) is 30.6 Å². The number of anilines is 1. The highest BCUT2D eigenvalue weighted by atomic mass is 19.1. The van der Waals surface area contributed by atoms with E-state index in [2.05, 4.69) is 22.2 Å². The predicted molar refractivity (Wildman–Crippen MR) is 123 cm³/mol. The van der Waals surface area contributed by atoms with Gasteiger partial charge in [-0.05, 0) is 55.6 Å². The SMILES string of the molecule is CC(=O)n1ccc2c(NC3C4CCC(CC4)C3C)nc(-c3c[nH]c4c(F)cc(F)cc34)nc21. The van der Waals surface area contributed by atoms with E-state index in [1.807, 2.05) is 6.07 Å². The minimum atomic E-state index is -0.671. The van der Waals surface area contributed by atoms with Gasteiger partial charge in [-0.1, -0.05) is 6.92 Å². The molecule has 0 aliphatic heterocycles. The number of aromatic nitrogens is 4. The minimum Gasteiger partial charge on any atom is -0.366 e. The summed E-state index contributed by atoms with van der Waals surface area (Å²) in [6.45, 7) is 3.78. The predicted octanol–water partition coefficient (Wildman–Crippen LogP) is 5.75. The average molecular weight is 450 g/mol. The summed E-state index contributed by atoms with van der Waals surface area (Å²) in [5.74, 6) is 1.30. The van der Waals surface area contributed by atoms with E-state index in [9.17, 15) is 13.6 Å². The van der Waals surface area contributed by atoms with Gasteiger partial charge in [-0.15, -0.1) is 0 Å². The van der Waals surface area contributed by atoms with Gasteiger partial charge in [0.05, 0.1) is 10.9 Å². The molecule has 3 saturated carbocycles. The number of fused-ring (bicyclic) bond motifs is 5. The van der Waals surface area contributed by atoms with Crippen LogP contribution in [0.3, 0.4) is 0 Å². The third-order valence-electron chi connectivity index (χ3n) is 7.77. The smallest absolute Gasteiger partial charge is 0.229 e. The first kappa shape index (κ1) is 20.3. The molecule has 3 aromatic heterocycles. The van der Waals surface area contributed by atoms with Gasteiger partial charge in [0.1, 0.15) is 17.5 Å². The fourth-order valence-corrected chi connectivity index (χ4v) is 6.00. The van der Waals surface area contributed by atoms with Crippen LogP contribution in [0.25, 0.3) is 33.3 Å². The zero-order chi connectivity index (χ0) is 22.9. The quantitative estimate of drug-likeness (QED) is 0.417. The van der Waals surface area contributed by atoms with Gasteiger partial charge < -0.3 is 10.3 Å². The monoisotopic (exact) mass is 449 g/mol. The highest BCUT2D eigenvalue weighted by molar-refractivity contribution is 5.99. The summed E-state index contributed by atoms with van der Waals surface area (Å²) < 4.78 is 29.8. The average Bonchev–Trinajstić information content (AvgIpc) is 3.41. The van der Waals surface area contributed by atoms with E-state index in [0.717, 1.165) is 11.5 Å². The summed E-state index contributed by atoms with van der Waals surface area (Å²) in [6.07, 6.45) is 8.27. The second kappa shape index (κ2) is 7.37. The normalized spacial score (nSPS) is 24.6. The van der Waals surface area contributed by atoms with Crippen molar-refractivity contribution in [3.63, 3.8) is 0 Å². The zero-order valence-electron chi connectivity index (χ0n) is 18.5. The van der Waals surface area contributed by atoms with Gasteiger partial charge in [-0.3, -0.25) is 9.36 Å². The Morgan fingerprint density at radius 3 is 2.61 bits per heavy atom. The number of hydrogen-bond donors (Lipinski definition) is 2. The molecule has 2 atom stereocenters. The molecule has 2 N–H and O–H groups in total. The molecule has 0 amide bonds. The van der Waals surface area contributed by atoms with Crippen molar-refractivity contribution in [1.82, 2.24) is 19.5 Å². The Kier molecular flexibility index (Phi) is 4.54. The third-order valence-corrected chi connectivity index (χ3v) is 7.77. The fraction of sp³-hybridized carbons (Fsp3) is 0.400. The first-order chi connectivity index (χ1) is 15.9. The van der Waals surface area contributed by atoms with E-state index in [4.69, 9.17) is 4.98 Å².